The molecule has 1 aromatic rings. The van der Waals surface area contributed by atoms with Crippen LogP contribution in [-0.4, -0.2) is 63.3 Å². The third kappa shape index (κ3) is 3.15. The minimum Gasteiger partial charge on any atom is -0.395 e. The van der Waals surface area contributed by atoms with E-state index in [2.05, 4.69) is 15.9 Å². The molecule has 3 N–H and O–H groups in total. The molecule has 0 amide bonds. The molecule has 3 rings (SSSR count). The van der Waals surface area contributed by atoms with Crippen LogP contribution in [0.3, 0.4) is 0 Å². The van der Waals surface area contributed by atoms with Crippen molar-refractivity contribution in [2.75, 3.05) is 39.3 Å². The lowest BCUT2D eigenvalue weighted by molar-refractivity contribution is 0.108. The molecule has 0 spiro atoms. The van der Waals surface area contributed by atoms with Crippen LogP contribution in [0.4, 0.5) is 0 Å². The predicted octanol–water partition coefficient (Wildman–Crippen LogP) is 1.89. The van der Waals surface area contributed by atoms with E-state index >= 15 is 0 Å². The minimum atomic E-state index is -2.72. The molecule has 0 aromatic heterocycles. The highest BCUT2D eigenvalue weighted by atomic mass is 32.3. The van der Waals surface area contributed by atoms with Gasteiger partial charge in [-0.2, -0.15) is 0 Å². The molecule has 1 aromatic carbocycles. The van der Waals surface area contributed by atoms with Gasteiger partial charge in [0.15, 0.2) is 0 Å². The Morgan fingerprint density at radius 2 is 1.76 bits per heavy atom. The van der Waals surface area contributed by atoms with Crippen LogP contribution in [0, 0.1) is 0 Å². The van der Waals surface area contributed by atoms with Crippen LogP contribution in [-0.2, 0) is 6.54 Å². The lowest BCUT2D eigenvalue weighted by Gasteiger charge is -2.34. The van der Waals surface area contributed by atoms with E-state index in [9.17, 15) is 9.11 Å². The van der Waals surface area contributed by atoms with Crippen LogP contribution in [0.15, 0.2) is 28.5 Å². The first-order chi connectivity index (χ1) is 10.1. The first-order valence-electron chi connectivity index (χ1n) is 7.24. The monoisotopic (exact) mass is 310 g/mol. The second kappa shape index (κ2) is 6.08. The van der Waals surface area contributed by atoms with Gasteiger partial charge in [0.1, 0.15) is 0 Å². The highest BCUT2D eigenvalue weighted by Crippen LogP contribution is 2.56. The third-order valence-corrected chi connectivity index (χ3v) is 5.70. The van der Waals surface area contributed by atoms with Gasteiger partial charge in [-0.05, 0) is 17.7 Å². The van der Waals surface area contributed by atoms with Crippen molar-refractivity contribution in [1.29, 1.82) is 0 Å². The van der Waals surface area contributed by atoms with Crippen LogP contribution in [0.1, 0.15) is 11.1 Å². The van der Waals surface area contributed by atoms with Gasteiger partial charge in [-0.25, -0.2) is 0 Å². The zero-order valence-corrected chi connectivity index (χ0v) is 12.8. The molecule has 0 radical (unpaired) electrons. The fourth-order valence-corrected chi connectivity index (χ4v) is 4.24. The van der Waals surface area contributed by atoms with E-state index in [1.807, 2.05) is 12.1 Å². The van der Waals surface area contributed by atoms with Gasteiger partial charge >= 0.3 is 0 Å². The van der Waals surface area contributed by atoms with E-state index in [0.717, 1.165) is 50.4 Å². The molecule has 1 saturated heterocycles. The van der Waals surface area contributed by atoms with Gasteiger partial charge in [-0.3, -0.25) is 18.9 Å². The van der Waals surface area contributed by atoms with Gasteiger partial charge in [0.2, 0.25) is 0 Å². The van der Waals surface area contributed by atoms with Crippen LogP contribution in [0.5, 0.6) is 0 Å². The van der Waals surface area contributed by atoms with Crippen molar-refractivity contribution in [2.24, 2.45) is 0 Å². The zero-order chi connectivity index (χ0) is 14.9. The summed E-state index contributed by atoms with van der Waals surface area (Å²) in [5.41, 5.74) is 2.12. The SMILES string of the molecule is OCCN1CCN(Cc2cccc3c2C=CS3(O)O)CC1. The molecule has 0 aliphatic carbocycles. The summed E-state index contributed by atoms with van der Waals surface area (Å²) in [5.74, 6) is 0. The van der Waals surface area contributed by atoms with E-state index in [1.54, 1.807) is 6.07 Å². The van der Waals surface area contributed by atoms with Crippen LogP contribution >= 0.6 is 10.6 Å². The zero-order valence-electron chi connectivity index (χ0n) is 12.0. The number of fused-ring (bicyclic) bond motifs is 1. The molecule has 0 unspecified atom stereocenters. The van der Waals surface area contributed by atoms with Crippen molar-refractivity contribution in [1.82, 2.24) is 9.80 Å². The average molecular weight is 310 g/mol. The van der Waals surface area contributed by atoms with Crippen molar-refractivity contribution in [3.8, 4) is 0 Å². The molecular weight excluding hydrogens is 288 g/mol. The van der Waals surface area contributed by atoms with E-state index in [1.165, 1.54) is 5.41 Å². The maximum Gasteiger partial charge on any atom is 0.0706 e. The minimum absolute atomic E-state index is 0.217. The number of nitrogens with zero attached hydrogens (tertiary/aromatic N) is 2. The van der Waals surface area contributed by atoms with Crippen molar-refractivity contribution in [3.05, 3.63) is 34.7 Å². The van der Waals surface area contributed by atoms with Crippen LogP contribution in [0.2, 0.25) is 0 Å². The Labute approximate surface area is 126 Å². The Morgan fingerprint density at radius 1 is 1.05 bits per heavy atom. The Bertz CT molecular complexity index is 540. The molecule has 0 saturated carbocycles. The second-order valence-electron chi connectivity index (χ2n) is 5.57. The summed E-state index contributed by atoms with van der Waals surface area (Å²) in [7, 11) is -2.72. The number of hydrogen-bond acceptors (Lipinski definition) is 5. The van der Waals surface area contributed by atoms with E-state index in [0.29, 0.717) is 4.90 Å². The molecule has 2 heterocycles. The molecule has 21 heavy (non-hydrogen) atoms. The van der Waals surface area contributed by atoms with Gasteiger partial charge in [0.25, 0.3) is 0 Å². The summed E-state index contributed by atoms with van der Waals surface area (Å²) in [6, 6.07) is 5.76. The molecule has 5 nitrogen and oxygen atoms in total. The molecule has 2 aliphatic rings. The molecule has 6 heteroatoms. The Balaban J connectivity index is 1.68. The average Bonchev–Trinajstić information content (AvgIpc) is 2.78. The number of aliphatic hydroxyl groups excluding tert-OH is 1. The fraction of sp³-hybridized carbons (Fsp3) is 0.467. The summed E-state index contributed by atoms with van der Waals surface area (Å²) in [5, 5.41) is 10.5. The van der Waals surface area contributed by atoms with Crippen LogP contribution < -0.4 is 0 Å². The Kier molecular flexibility index (Phi) is 4.35. The number of aliphatic hydroxyl groups is 1. The molecule has 0 bridgehead atoms. The van der Waals surface area contributed by atoms with E-state index in [-0.39, 0.29) is 6.61 Å². The molecule has 116 valence electrons. The van der Waals surface area contributed by atoms with Gasteiger partial charge in [-0.1, -0.05) is 12.1 Å². The summed E-state index contributed by atoms with van der Waals surface area (Å²) in [6.07, 6.45) is 1.84. The highest BCUT2D eigenvalue weighted by molar-refractivity contribution is 8.27. The Hall–Kier alpha value is -0.890. The summed E-state index contributed by atoms with van der Waals surface area (Å²) >= 11 is 0. The lowest BCUT2D eigenvalue weighted by Crippen LogP contribution is -2.46. The first-order valence-corrected chi connectivity index (χ1v) is 8.85. The molecule has 1 fully saturated rings. The van der Waals surface area contributed by atoms with Crippen molar-refractivity contribution in [3.63, 3.8) is 0 Å². The maximum atomic E-state index is 9.98. The highest BCUT2D eigenvalue weighted by Gasteiger charge is 2.24. The summed E-state index contributed by atoms with van der Waals surface area (Å²) < 4.78 is 20.0. The van der Waals surface area contributed by atoms with Gasteiger partial charge in [-0.15, -0.1) is 10.6 Å². The molecular formula is C15H22N2O3S. The first kappa shape index (κ1) is 15.0. The second-order valence-corrected chi connectivity index (χ2v) is 7.46. The van der Waals surface area contributed by atoms with E-state index < -0.39 is 10.6 Å². The number of β-amino-alcohol motifs (C(OH)–C–C–N with tert-alkyl or cyclic N) is 1. The Morgan fingerprint density at radius 3 is 2.48 bits per heavy atom. The number of rotatable bonds is 4. The standard InChI is InChI=1S/C15H22N2O3S/c18-10-9-16-5-7-17(8-6-16)12-13-2-1-3-15-14(13)4-11-21(15,19)20/h1-4,11,18-20H,5-10,12H2. The normalized spacial score (nSPS) is 23.2. The number of benzene rings is 1. The lowest BCUT2D eigenvalue weighted by atomic mass is 10.1. The molecule has 0 atom stereocenters. The van der Waals surface area contributed by atoms with Gasteiger partial charge in [0.05, 0.1) is 11.5 Å². The summed E-state index contributed by atoms with van der Waals surface area (Å²) in [4.78, 5) is 5.29. The predicted molar refractivity (Wildman–Crippen MR) is 85.4 cm³/mol. The van der Waals surface area contributed by atoms with Crippen molar-refractivity contribution >= 4 is 16.7 Å². The van der Waals surface area contributed by atoms with Gasteiger partial charge in [0, 0.05) is 50.2 Å². The smallest absolute Gasteiger partial charge is 0.0706 e. The topological polar surface area (TPSA) is 67.2 Å². The number of piperazine rings is 1. The van der Waals surface area contributed by atoms with Crippen LogP contribution in [0.25, 0.3) is 6.08 Å². The van der Waals surface area contributed by atoms with E-state index in [4.69, 9.17) is 5.11 Å². The third-order valence-electron chi connectivity index (χ3n) is 4.18. The van der Waals surface area contributed by atoms with Crippen molar-refractivity contribution < 1.29 is 14.2 Å². The quantitative estimate of drug-likeness (QED) is 0.792. The summed E-state index contributed by atoms with van der Waals surface area (Å²) in [6.45, 7) is 5.69. The number of hydrogen-bond donors (Lipinski definition) is 3. The largest absolute Gasteiger partial charge is 0.395 e. The van der Waals surface area contributed by atoms with Gasteiger partial charge < -0.3 is 5.11 Å². The molecule has 2 aliphatic heterocycles. The van der Waals surface area contributed by atoms with Crippen molar-refractivity contribution in [2.45, 2.75) is 11.4 Å². The maximum absolute atomic E-state index is 9.98. The fourth-order valence-electron chi connectivity index (χ4n) is 2.97.